The summed E-state index contributed by atoms with van der Waals surface area (Å²) in [5, 5.41) is 11.3. The molecule has 14 heavy (non-hydrogen) atoms. The molecule has 0 radical (unpaired) electrons. The minimum atomic E-state index is 0.231. The molecule has 0 saturated carbocycles. The largest absolute Gasteiger partial charge is 0.395 e. The Labute approximate surface area is 83.3 Å². The van der Waals surface area contributed by atoms with Gasteiger partial charge in [-0.2, -0.15) is 0 Å². The van der Waals surface area contributed by atoms with Crippen LogP contribution in [0.3, 0.4) is 0 Å². The van der Waals surface area contributed by atoms with Crippen molar-refractivity contribution in [1.29, 1.82) is 0 Å². The number of hydrogen-bond acceptors (Lipinski definition) is 3. The van der Waals surface area contributed by atoms with Crippen LogP contribution in [0.15, 0.2) is 24.3 Å². The van der Waals surface area contributed by atoms with Crippen molar-refractivity contribution in [1.82, 2.24) is 5.43 Å². The Hall–Kier alpha value is -1.06. The van der Waals surface area contributed by atoms with Gasteiger partial charge in [-0.1, -0.05) is 18.2 Å². The van der Waals surface area contributed by atoms with Crippen molar-refractivity contribution in [2.75, 3.05) is 11.6 Å². The summed E-state index contributed by atoms with van der Waals surface area (Å²) in [5.74, 6) is 0. The van der Waals surface area contributed by atoms with Crippen LogP contribution in [0.1, 0.15) is 12.0 Å². The summed E-state index contributed by atoms with van der Waals surface area (Å²) in [7, 11) is 0. The van der Waals surface area contributed by atoms with Gasteiger partial charge in [-0.05, 0) is 24.5 Å². The first-order valence-corrected chi connectivity index (χ1v) is 5.12. The fourth-order valence-electron chi connectivity index (χ4n) is 2.52. The van der Waals surface area contributed by atoms with Crippen LogP contribution in [0.4, 0.5) is 5.69 Å². The van der Waals surface area contributed by atoms with Gasteiger partial charge in [-0.15, -0.1) is 0 Å². The zero-order valence-electron chi connectivity index (χ0n) is 7.98. The van der Waals surface area contributed by atoms with Crippen molar-refractivity contribution in [3.8, 4) is 0 Å². The number of para-hydroxylation sites is 1. The maximum Gasteiger partial charge on any atom is 0.0603 e. The molecule has 2 atom stereocenters. The molecule has 3 nitrogen and oxygen atoms in total. The van der Waals surface area contributed by atoms with E-state index in [-0.39, 0.29) is 12.6 Å². The number of rotatable bonds is 1. The lowest BCUT2D eigenvalue weighted by Gasteiger charge is -2.19. The molecular formula is C11H14N2O. The number of fused-ring (bicyclic) bond motifs is 3. The van der Waals surface area contributed by atoms with Crippen LogP contribution < -0.4 is 10.4 Å². The second-order valence-electron chi connectivity index (χ2n) is 4.10. The van der Waals surface area contributed by atoms with Gasteiger partial charge < -0.3 is 10.1 Å². The van der Waals surface area contributed by atoms with E-state index in [0.29, 0.717) is 6.04 Å². The Kier molecular flexibility index (Phi) is 1.75. The van der Waals surface area contributed by atoms with Crippen molar-refractivity contribution in [2.24, 2.45) is 0 Å². The molecular weight excluding hydrogens is 176 g/mol. The van der Waals surface area contributed by atoms with Crippen LogP contribution >= 0.6 is 0 Å². The molecule has 2 aliphatic heterocycles. The molecule has 0 bridgehead atoms. The van der Waals surface area contributed by atoms with E-state index >= 15 is 0 Å². The molecule has 3 rings (SSSR count). The maximum absolute atomic E-state index is 9.08. The third kappa shape index (κ3) is 1.06. The van der Waals surface area contributed by atoms with E-state index in [9.17, 15) is 0 Å². The SMILES string of the molecule is OC[C@@H]1C[C@@H]2Cc3ccccc3N2N1. The van der Waals surface area contributed by atoms with Gasteiger partial charge in [-0.25, -0.2) is 5.43 Å². The first-order chi connectivity index (χ1) is 6.88. The van der Waals surface area contributed by atoms with Gasteiger partial charge >= 0.3 is 0 Å². The molecule has 0 aliphatic carbocycles. The van der Waals surface area contributed by atoms with Gasteiger partial charge in [0.05, 0.1) is 24.4 Å². The average molecular weight is 190 g/mol. The third-order valence-electron chi connectivity index (χ3n) is 3.17. The van der Waals surface area contributed by atoms with Gasteiger partial charge in [0, 0.05) is 0 Å². The fourth-order valence-corrected chi connectivity index (χ4v) is 2.52. The van der Waals surface area contributed by atoms with Crippen LogP contribution in [0.25, 0.3) is 0 Å². The van der Waals surface area contributed by atoms with E-state index < -0.39 is 0 Å². The van der Waals surface area contributed by atoms with Gasteiger partial charge in [0.25, 0.3) is 0 Å². The van der Waals surface area contributed by atoms with E-state index in [1.165, 1.54) is 11.3 Å². The Morgan fingerprint density at radius 2 is 2.29 bits per heavy atom. The van der Waals surface area contributed by atoms with E-state index in [4.69, 9.17) is 5.11 Å². The molecule has 1 aromatic rings. The Balaban J connectivity index is 1.92. The molecule has 2 aliphatic rings. The molecule has 1 fully saturated rings. The molecule has 0 aromatic heterocycles. The summed E-state index contributed by atoms with van der Waals surface area (Å²) in [6.45, 7) is 0.231. The van der Waals surface area contributed by atoms with Gasteiger partial charge in [-0.3, -0.25) is 0 Å². The first kappa shape index (κ1) is 8.26. The number of hydrazine groups is 1. The van der Waals surface area contributed by atoms with Crippen molar-refractivity contribution in [2.45, 2.75) is 24.9 Å². The number of hydrogen-bond donors (Lipinski definition) is 2. The summed E-state index contributed by atoms with van der Waals surface area (Å²) in [4.78, 5) is 0. The standard InChI is InChI=1S/C11H14N2O/c14-7-9-6-10-5-8-3-1-2-4-11(8)13(10)12-9/h1-4,9-10,12,14H,5-7H2/t9-,10-/m0/s1. The number of aliphatic hydroxyl groups excluding tert-OH is 1. The molecule has 0 unspecified atom stereocenters. The average Bonchev–Trinajstić information content (AvgIpc) is 2.73. The number of anilines is 1. The van der Waals surface area contributed by atoms with E-state index in [1.54, 1.807) is 0 Å². The molecule has 74 valence electrons. The molecule has 1 aromatic carbocycles. The number of benzene rings is 1. The number of aliphatic hydroxyl groups is 1. The van der Waals surface area contributed by atoms with Crippen LogP contribution in [-0.2, 0) is 6.42 Å². The van der Waals surface area contributed by atoms with E-state index in [1.807, 2.05) is 0 Å². The predicted molar refractivity (Wildman–Crippen MR) is 55.0 cm³/mol. The quantitative estimate of drug-likeness (QED) is 0.684. The van der Waals surface area contributed by atoms with Crippen molar-refractivity contribution >= 4 is 5.69 Å². The maximum atomic E-state index is 9.08. The van der Waals surface area contributed by atoms with Crippen molar-refractivity contribution < 1.29 is 5.11 Å². The zero-order valence-corrected chi connectivity index (χ0v) is 7.98. The first-order valence-electron chi connectivity index (χ1n) is 5.12. The Bertz CT molecular complexity index is 353. The zero-order chi connectivity index (χ0) is 9.54. The Morgan fingerprint density at radius 1 is 1.43 bits per heavy atom. The molecule has 3 heteroatoms. The van der Waals surface area contributed by atoms with Crippen LogP contribution in [0.5, 0.6) is 0 Å². The normalized spacial score (nSPS) is 29.1. The molecule has 0 spiro atoms. The lowest BCUT2D eigenvalue weighted by Crippen LogP contribution is -2.38. The molecule has 2 N–H and O–H groups in total. The smallest absolute Gasteiger partial charge is 0.0603 e. The van der Waals surface area contributed by atoms with Crippen molar-refractivity contribution in [3.05, 3.63) is 29.8 Å². The van der Waals surface area contributed by atoms with Crippen LogP contribution in [0, 0.1) is 0 Å². The summed E-state index contributed by atoms with van der Waals surface area (Å²) >= 11 is 0. The minimum Gasteiger partial charge on any atom is -0.395 e. The van der Waals surface area contributed by atoms with Gasteiger partial charge in [0.15, 0.2) is 0 Å². The van der Waals surface area contributed by atoms with Gasteiger partial charge in [0.2, 0.25) is 0 Å². The molecule has 0 amide bonds. The highest BCUT2D eigenvalue weighted by Gasteiger charge is 2.37. The lowest BCUT2D eigenvalue weighted by atomic mass is 10.1. The monoisotopic (exact) mass is 190 g/mol. The summed E-state index contributed by atoms with van der Waals surface area (Å²) in [6, 6.07) is 9.27. The second-order valence-corrected chi connectivity index (χ2v) is 4.10. The number of nitrogens with zero attached hydrogens (tertiary/aromatic N) is 1. The Morgan fingerprint density at radius 3 is 3.14 bits per heavy atom. The van der Waals surface area contributed by atoms with Crippen molar-refractivity contribution in [3.63, 3.8) is 0 Å². The van der Waals surface area contributed by atoms with Crippen LogP contribution in [-0.4, -0.2) is 23.8 Å². The topological polar surface area (TPSA) is 35.5 Å². The second kappa shape index (κ2) is 2.97. The van der Waals surface area contributed by atoms with Gasteiger partial charge in [0.1, 0.15) is 0 Å². The summed E-state index contributed by atoms with van der Waals surface area (Å²) < 4.78 is 0. The van der Waals surface area contributed by atoms with Crippen LogP contribution in [0.2, 0.25) is 0 Å². The third-order valence-corrected chi connectivity index (χ3v) is 3.17. The fraction of sp³-hybridized carbons (Fsp3) is 0.455. The summed E-state index contributed by atoms with van der Waals surface area (Å²) in [5.41, 5.74) is 6.05. The minimum absolute atomic E-state index is 0.231. The van der Waals surface area contributed by atoms with E-state index in [0.717, 1.165) is 12.8 Å². The molecule has 2 heterocycles. The highest BCUT2D eigenvalue weighted by Crippen LogP contribution is 2.35. The molecule has 1 saturated heterocycles. The number of nitrogens with one attached hydrogen (secondary N) is 1. The highest BCUT2D eigenvalue weighted by molar-refractivity contribution is 5.59. The highest BCUT2D eigenvalue weighted by atomic mass is 16.3. The lowest BCUT2D eigenvalue weighted by molar-refractivity contribution is 0.253. The predicted octanol–water partition coefficient (Wildman–Crippen LogP) is 0.687. The summed E-state index contributed by atoms with van der Waals surface area (Å²) in [6.07, 6.45) is 2.16. The van der Waals surface area contributed by atoms with E-state index in [2.05, 4.69) is 34.7 Å².